The van der Waals surface area contributed by atoms with Crippen molar-refractivity contribution in [2.45, 2.75) is 94.5 Å². The summed E-state index contributed by atoms with van der Waals surface area (Å²) in [5, 5.41) is 38.6. The molecule has 6 aliphatic rings. The highest BCUT2D eigenvalue weighted by Crippen LogP contribution is 2.80. The Morgan fingerprint density at radius 3 is 2.44 bits per heavy atom. The number of carboxylic acids is 1. The molecular weight excluding hydrogens is 676 g/mol. The molecule has 1 amide bonds. The Labute approximate surface area is 303 Å². The van der Waals surface area contributed by atoms with Crippen LogP contribution >= 0.6 is 0 Å². The van der Waals surface area contributed by atoms with Crippen LogP contribution in [0.5, 0.6) is 0 Å². The van der Waals surface area contributed by atoms with Gasteiger partial charge in [0.1, 0.15) is 17.3 Å². The van der Waals surface area contributed by atoms with Crippen LogP contribution in [0.15, 0.2) is 24.3 Å². The number of para-hydroxylation sites is 1. The van der Waals surface area contributed by atoms with Crippen molar-refractivity contribution in [2.24, 2.45) is 40.4 Å². The summed E-state index contributed by atoms with van der Waals surface area (Å²) in [6, 6.07) is 5.87. The van der Waals surface area contributed by atoms with Crippen molar-refractivity contribution in [1.29, 1.82) is 0 Å². The van der Waals surface area contributed by atoms with E-state index < -0.39 is 88.0 Å². The topological polar surface area (TPSA) is 190 Å². The highest BCUT2D eigenvalue weighted by atomic mass is 16.6. The number of carboxylic acid groups (broad SMARTS) is 1. The largest absolute Gasteiger partial charge is 0.481 e. The van der Waals surface area contributed by atoms with Crippen LogP contribution in [0.1, 0.15) is 63.2 Å². The number of anilines is 1. The number of likely N-dealkylation sites (tertiary alicyclic amines) is 1. The minimum atomic E-state index is -1.83. The maximum absolute atomic E-state index is 14.0. The third kappa shape index (κ3) is 4.83. The zero-order valence-electron chi connectivity index (χ0n) is 30.7. The van der Waals surface area contributed by atoms with Crippen LogP contribution in [-0.2, 0) is 38.1 Å². The second-order valence-corrected chi connectivity index (χ2v) is 16.2. The second-order valence-electron chi connectivity index (χ2n) is 16.2. The Kier molecular flexibility index (Phi) is 9.31. The lowest BCUT2D eigenvalue weighted by Crippen LogP contribution is -2.82. The van der Waals surface area contributed by atoms with E-state index in [1.54, 1.807) is 45.6 Å². The summed E-state index contributed by atoms with van der Waals surface area (Å²) in [6.07, 6.45) is -0.719. The lowest BCUT2D eigenvalue weighted by Gasteiger charge is -2.70. The Bertz CT molecular complexity index is 1620. The van der Waals surface area contributed by atoms with Gasteiger partial charge in [-0.15, -0.1) is 0 Å². The SMILES string of the molecule is CCN1CC2(COC(=O)c3ccccc3NC(=O)CC(C)C(=O)O)CCC(OC)C34C5CC6C(OC)CC(O)(C5C6OC(C)=O)C(O)(C(OC)C23)C14. The van der Waals surface area contributed by atoms with Gasteiger partial charge >= 0.3 is 17.9 Å². The standard InChI is InChI=1S/C38H52N2O12/c1-7-40-17-35(18-51-33(45)21-10-8-9-11-24(21)39-27(42)14-19(2)32(43)44)13-12-26(49-5)37-23-15-22-25(48-4)16-36(46,28(23)29(22)52-20(3)41)38(47,34(37)40)31(50-6)30(35)37/h8-11,19,22-23,25-26,28-31,34,46-47H,7,12-18H2,1-6H3,(H,39,42)(H,43,44). The molecule has 1 heterocycles. The molecule has 1 saturated heterocycles. The average molecular weight is 729 g/mol. The van der Waals surface area contributed by atoms with Crippen molar-refractivity contribution in [2.75, 3.05) is 46.3 Å². The molecule has 14 atom stereocenters. The predicted octanol–water partition coefficient (Wildman–Crippen LogP) is 2.10. The number of nitrogens with zero attached hydrogens (tertiary/aromatic N) is 1. The molecule has 14 unspecified atom stereocenters. The molecule has 52 heavy (non-hydrogen) atoms. The molecule has 5 saturated carbocycles. The van der Waals surface area contributed by atoms with E-state index in [0.29, 0.717) is 32.4 Å². The first-order chi connectivity index (χ1) is 24.7. The molecule has 0 aromatic heterocycles. The molecular formula is C38H52N2O12. The smallest absolute Gasteiger partial charge is 0.340 e. The summed E-state index contributed by atoms with van der Waals surface area (Å²) in [4.78, 5) is 52.8. The Morgan fingerprint density at radius 1 is 1.08 bits per heavy atom. The van der Waals surface area contributed by atoms with Gasteiger partial charge in [0, 0.05) is 76.2 Å². The van der Waals surface area contributed by atoms with Gasteiger partial charge in [0.25, 0.3) is 0 Å². The number of ether oxygens (including phenoxy) is 5. The van der Waals surface area contributed by atoms with Crippen molar-refractivity contribution in [3.63, 3.8) is 0 Å². The Morgan fingerprint density at radius 2 is 1.81 bits per heavy atom. The highest BCUT2D eigenvalue weighted by Gasteiger charge is 2.92. The number of esters is 2. The summed E-state index contributed by atoms with van der Waals surface area (Å²) < 4.78 is 31.0. The van der Waals surface area contributed by atoms with Gasteiger partial charge < -0.3 is 44.3 Å². The number of methoxy groups -OCH3 is 3. The number of aliphatic carboxylic acids is 1. The fourth-order valence-corrected chi connectivity index (χ4v) is 12.6. The van der Waals surface area contributed by atoms with E-state index in [1.165, 1.54) is 13.8 Å². The lowest BCUT2D eigenvalue weighted by molar-refractivity contribution is -0.319. The first kappa shape index (κ1) is 37.2. The molecule has 7 rings (SSSR count). The van der Waals surface area contributed by atoms with Gasteiger partial charge in [-0.1, -0.05) is 26.0 Å². The normalized spacial score (nSPS) is 43.0. The number of benzene rings is 1. The third-order valence-electron chi connectivity index (χ3n) is 14.2. The number of hydrogen-bond acceptors (Lipinski definition) is 12. The van der Waals surface area contributed by atoms with E-state index in [9.17, 15) is 34.5 Å². The van der Waals surface area contributed by atoms with E-state index in [0.717, 1.165) is 0 Å². The first-order valence-corrected chi connectivity index (χ1v) is 18.4. The molecule has 1 aliphatic heterocycles. The number of likely N-dealkylation sites (N-methyl/N-ethyl adjacent to an activating group) is 1. The monoisotopic (exact) mass is 728 g/mol. The van der Waals surface area contributed by atoms with Gasteiger partial charge in [0.05, 0.1) is 48.1 Å². The summed E-state index contributed by atoms with van der Waals surface area (Å²) in [7, 11) is 4.82. The summed E-state index contributed by atoms with van der Waals surface area (Å²) >= 11 is 0. The Hall–Kier alpha value is -3.14. The third-order valence-corrected chi connectivity index (χ3v) is 14.2. The van der Waals surface area contributed by atoms with Crippen LogP contribution in [-0.4, -0.2) is 127 Å². The minimum absolute atomic E-state index is 0.0283. The Balaban J connectivity index is 1.29. The van der Waals surface area contributed by atoms with E-state index in [2.05, 4.69) is 10.2 Å². The quantitative estimate of drug-likeness (QED) is 0.229. The summed E-state index contributed by atoms with van der Waals surface area (Å²) in [5.41, 5.74) is -4.74. The molecule has 1 spiro atoms. The summed E-state index contributed by atoms with van der Waals surface area (Å²) in [5.74, 6) is -5.14. The number of hydrogen-bond donors (Lipinski definition) is 4. The van der Waals surface area contributed by atoms with Gasteiger partial charge in [-0.05, 0) is 43.9 Å². The van der Waals surface area contributed by atoms with Gasteiger partial charge in [-0.3, -0.25) is 19.3 Å². The fraction of sp³-hybridized carbons (Fsp3) is 0.737. The van der Waals surface area contributed by atoms with Crippen LogP contribution in [0.2, 0.25) is 0 Å². The molecule has 6 fully saturated rings. The molecule has 1 aromatic rings. The molecule has 4 N–H and O–H groups in total. The van der Waals surface area contributed by atoms with Crippen LogP contribution < -0.4 is 5.32 Å². The van der Waals surface area contributed by atoms with Crippen molar-refractivity contribution < 1.29 is 58.2 Å². The van der Waals surface area contributed by atoms with Crippen LogP contribution in [0.4, 0.5) is 5.69 Å². The number of nitrogens with one attached hydrogen (secondary N) is 1. The zero-order valence-corrected chi connectivity index (χ0v) is 30.7. The van der Waals surface area contributed by atoms with Crippen LogP contribution in [0, 0.1) is 40.4 Å². The molecule has 5 aliphatic carbocycles. The van der Waals surface area contributed by atoms with Crippen molar-refractivity contribution >= 4 is 29.5 Å². The van der Waals surface area contributed by atoms with Gasteiger partial charge in [-0.25, -0.2) is 4.79 Å². The number of amides is 1. The molecule has 286 valence electrons. The highest BCUT2D eigenvalue weighted by molar-refractivity contribution is 6.01. The maximum Gasteiger partial charge on any atom is 0.340 e. The van der Waals surface area contributed by atoms with E-state index in [-0.39, 0.29) is 48.6 Å². The van der Waals surface area contributed by atoms with Crippen LogP contribution in [0.3, 0.4) is 0 Å². The molecule has 14 heteroatoms. The number of fused-ring (bicyclic) bond motifs is 2. The average Bonchev–Trinajstić information content (AvgIpc) is 3.50. The minimum Gasteiger partial charge on any atom is -0.481 e. The number of carbonyl (C=O) groups is 4. The van der Waals surface area contributed by atoms with Gasteiger partial charge in [0.2, 0.25) is 5.91 Å². The first-order valence-electron chi connectivity index (χ1n) is 18.4. The number of carbonyl (C=O) groups excluding carboxylic acids is 3. The lowest BCUT2D eigenvalue weighted by atomic mass is 9.42. The van der Waals surface area contributed by atoms with Crippen LogP contribution in [0.25, 0.3) is 0 Å². The summed E-state index contributed by atoms with van der Waals surface area (Å²) in [6.45, 7) is 5.79. The molecule has 7 bridgehead atoms. The predicted molar refractivity (Wildman–Crippen MR) is 183 cm³/mol. The van der Waals surface area contributed by atoms with E-state index in [1.807, 2.05) is 6.92 Å². The van der Waals surface area contributed by atoms with Crippen molar-refractivity contribution in [3.05, 3.63) is 29.8 Å². The molecule has 14 nitrogen and oxygen atoms in total. The number of piperidine rings is 1. The molecule has 1 aromatic carbocycles. The molecule has 0 radical (unpaired) electrons. The van der Waals surface area contributed by atoms with E-state index >= 15 is 0 Å². The van der Waals surface area contributed by atoms with E-state index in [4.69, 9.17) is 23.7 Å². The zero-order chi connectivity index (χ0) is 37.5. The number of rotatable bonds is 12. The van der Waals surface area contributed by atoms with Gasteiger partial charge in [-0.2, -0.15) is 0 Å². The second kappa shape index (κ2) is 13.0. The number of aliphatic hydroxyl groups is 2. The van der Waals surface area contributed by atoms with Crippen molar-refractivity contribution in [1.82, 2.24) is 4.90 Å². The maximum atomic E-state index is 14.0. The van der Waals surface area contributed by atoms with Crippen molar-refractivity contribution in [3.8, 4) is 0 Å². The van der Waals surface area contributed by atoms with Gasteiger partial charge in [0.15, 0.2) is 0 Å². The fourth-order valence-electron chi connectivity index (χ4n) is 12.6.